The van der Waals surface area contributed by atoms with E-state index in [1.165, 1.54) is 34.3 Å². The molecule has 2 aromatic rings. The first-order valence-electron chi connectivity index (χ1n) is 5.58. The molecule has 1 unspecified atom stereocenters. The normalized spacial score (nSPS) is 20.0. The molecule has 1 aromatic heterocycles. The van der Waals surface area contributed by atoms with Gasteiger partial charge in [-0.25, -0.2) is 0 Å². The molecule has 1 aliphatic rings. The number of aryl methyl sites for hydroxylation is 1. The minimum atomic E-state index is 0.742. The second-order valence-corrected chi connectivity index (χ2v) is 4.74. The van der Waals surface area contributed by atoms with E-state index in [4.69, 9.17) is 0 Å². The van der Waals surface area contributed by atoms with Crippen LogP contribution in [-0.4, -0.2) is 11.5 Å². The van der Waals surface area contributed by atoms with Crippen LogP contribution in [0, 0.1) is 12.8 Å². The second kappa shape index (κ2) is 3.02. The van der Waals surface area contributed by atoms with Gasteiger partial charge in [0.1, 0.15) is 0 Å². The van der Waals surface area contributed by atoms with Gasteiger partial charge < -0.3 is 10.3 Å². The molecule has 0 bridgehead atoms. The average Bonchev–Trinajstić information content (AvgIpc) is 2.53. The van der Waals surface area contributed by atoms with Crippen molar-refractivity contribution in [2.24, 2.45) is 5.92 Å². The van der Waals surface area contributed by atoms with Crippen molar-refractivity contribution in [3.8, 4) is 0 Å². The van der Waals surface area contributed by atoms with E-state index >= 15 is 0 Å². The summed E-state index contributed by atoms with van der Waals surface area (Å²) in [6.07, 6.45) is 1.19. The SMILES string of the molecule is Cc1cc2cc3c(cc2[nH]1)CC(C)CN3. The van der Waals surface area contributed by atoms with Crippen molar-refractivity contribution in [3.63, 3.8) is 0 Å². The van der Waals surface area contributed by atoms with E-state index in [0.29, 0.717) is 0 Å². The Morgan fingerprint density at radius 3 is 3.00 bits per heavy atom. The predicted molar refractivity (Wildman–Crippen MR) is 64.4 cm³/mol. The number of aromatic amines is 1. The fraction of sp³-hybridized carbons (Fsp3) is 0.385. The van der Waals surface area contributed by atoms with Gasteiger partial charge in [-0.05, 0) is 43.0 Å². The molecular formula is C13H16N2. The molecule has 2 heteroatoms. The predicted octanol–water partition coefficient (Wildman–Crippen LogP) is 3.08. The van der Waals surface area contributed by atoms with Crippen LogP contribution in [0.25, 0.3) is 10.9 Å². The van der Waals surface area contributed by atoms with Gasteiger partial charge in [0.2, 0.25) is 0 Å². The molecule has 0 amide bonds. The molecule has 0 radical (unpaired) electrons. The van der Waals surface area contributed by atoms with Crippen molar-refractivity contribution in [2.75, 3.05) is 11.9 Å². The van der Waals surface area contributed by atoms with Crippen LogP contribution in [0.5, 0.6) is 0 Å². The molecule has 0 aliphatic carbocycles. The third kappa shape index (κ3) is 1.41. The second-order valence-electron chi connectivity index (χ2n) is 4.74. The number of hydrogen-bond acceptors (Lipinski definition) is 1. The number of fused-ring (bicyclic) bond motifs is 2. The van der Waals surface area contributed by atoms with Gasteiger partial charge in [-0.2, -0.15) is 0 Å². The van der Waals surface area contributed by atoms with E-state index in [9.17, 15) is 0 Å². The number of H-pyrrole nitrogens is 1. The lowest BCUT2D eigenvalue weighted by molar-refractivity contribution is 0.595. The number of hydrogen-bond donors (Lipinski definition) is 2. The molecule has 0 fully saturated rings. The number of rotatable bonds is 0. The van der Waals surface area contributed by atoms with E-state index in [2.05, 4.69) is 42.3 Å². The van der Waals surface area contributed by atoms with Gasteiger partial charge in [0.25, 0.3) is 0 Å². The molecule has 0 saturated heterocycles. The van der Waals surface area contributed by atoms with E-state index in [1.807, 2.05) is 0 Å². The van der Waals surface area contributed by atoms with Crippen molar-refractivity contribution in [1.82, 2.24) is 4.98 Å². The standard InChI is InChI=1S/C13H16N2/c1-8-3-10-6-13-11(4-9(2)15-13)5-12(10)14-7-8/h4-6,8,14-15H,3,7H2,1-2H3. The highest BCUT2D eigenvalue weighted by Crippen LogP contribution is 2.29. The zero-order valence-electron chi connectivity index (χ0n) is 9.22. The Labute approximate surface area is 89.7 Å². The highest BCUT2D eigenvalue weighted by molar-refractivity contribution is 5.86. The molecule has 2 nitrogen and oxygen atoms in total. The van der Waals surface area contributed by atoms with Crippen LogP contribution in [0.1, 0.15) is 18.2 Å². The summed E-state index contributed by atoms with van der Waals surface area (Å²) in [7, 11) is 0. The Hall–Kier alpha value is -1.44. The highest BCUT2D eigenvalue weighted by atomic mass is 14.9. The summed E-state index contributed by atoms with van der Waals surface area (Å²) in [6, 6.07) is 6.76. The van der Waals surface area contributed by atoms with E-state index in [-0.39, 0.29) is 0 Å². The highest BCUT2D eigenvalue weighted by Gasteiger charge is 2.15. The molecule has 0 saturated carbocycles. The summed E-state index contributed by atoms with van der Waals surface area (Å²) >= 11 is 0. The lowest BCUT2D eigenvalue weighted by Crippen LogP contribution is -2.20. The third-order valence-corrected chi connectivity index (χ3v) is 3.19. The lowest BCUT2D eigenvalue weighted by atomic mass is 9.95. The zero-order valence-corrected chi connectivity index (χ0v) is 9.22. The summed E-state index contributed by atoms with van der Waals surface area (Å²) in [5.74, 6) is 0.742. The number of benzene rings is 1. The largest absolute Gasteiger partial charge is 0.385 e. The molecule has 2 N–H and O–H groups in total. The minimum absolute atomic E-state index is 0.742. The number of anilines is 1. The van der Waals surface area contributed by atoms with E-state index in [0.717, 1.165) is 12.5 Å². The Kier molecular flexibility index (Phi) is 1.78. The van der Waals surface area contributed by atoms with Gasteiger partial charge in [-0.3, -0.25) is 0 Å². The molecule has 2 heterocycles. The Morgan fingerprint density at radius 2 is 2.13 bits per heavy atom. The van der Waals surface area contributed by atoms with Gasteiger partial charge in [0, 0.05) is 28.8 Å². The van der Waals surface area contributed by atoms with Crippen LogP contribution in [0.2, 0.25) is 0 Å². The molecule has 1 aromatic carbocycles. The summed E-state index contributed by atoms with van der Waals surface area (Å²) in [6.45, 7) is 5.50. The summed E-state index contributed by atoms with van der Waals surface area (Å²) in [5.41, 5.74) is 5.27. The molecule has 0 spiro atoms. The smallest absolute Gasteiger partial charge is 0.0460 e. The Balaban J connectivity index is 2.19. The zero-order chi connectivity index (χ0) is 10.4. The number of nitrogens with one attached hydrogen (secondary N) is 2. The van der Waals surface area contributed by atoms with Crippen LogP contribution in [-0.2, 0) is 6.42 Å². The maximum absolute atomic E-state index is 3.50. The molecule has 78 valence electrons. The first kappa shape index (κ1) is 8.84. The van der Waals surface area contributed by atoms with Crippen molar-refractivity contribution < 1.29 is 0 Å². The van der Waals surface area contributed by atoms with Gasteiger partial charge in [-0.1, -0.05) is 6.92 Å². The van der Waals surface area contributed by atoms with Crippen molar-refractivity contribution in [2.45, 2.75) is 20.3 Å². The Bertz CT molecular complexity index is 510. The molecule has 3 rings (SSSR count). The fourth-order valence-electron chi connectivity index (χ4n) is 2.44. The molecule has 1 atom stereocenters. The van der Waals surface area contributed by atoms with Crippen molar-refractivity contribution >= 4 is 16.6 Å². The quantitative estimate of drug-likeness (QED) is 0.672. The van der Waals surface area contributed by atoms with Crippen LogP contribution < -0.4 is 5.32 Å². The van der Waals surface area contributed by atoms with E-state index in [1.54, 1.807) is 0 Å². The van der Waals surface area contributed by atoms with Crippen molar-refractivity contribution in [3.05, 3.63) is 29.5 Å². The summed E-state index contributed by atoms with van der Waals surface area (Å²) < 4.78 is 0. The monoisotopic (exact) mass is 200 g/mol. The van der Waals surface area contributed by atoms with Gasteiger partial charge in [0.05, 0.1) is 0 Å². The summed E-state index contributed by atoms with van der Waals surface area (Å²) in [5, 5.41) is 4.81. The lowest BCUT2D eigenvalue weighted by Gasteiger charge is -2.23. The van der Waals surface area contributed by atoms with Crippen LogP contribution >= 0.6 is 0 Å². The maximum Gasteiger partial charge on any atom is 0.0460 e. The first-order valence-corrected chi connectivity index (χ1v) is 5.58. The first-order chi connectivity index (χ1) is 7.22. The molecule has 1 aliphatic heterocycles. The third-order valence-electron chi connectivity index (χ3n) is 3.19. The van der Waals surface area contributed by atoms with Crippen LogP contribution in [0.4, 0.5) is 5.69 Å². The van der Waals surface area contributed by atoms with Gasteiger partial charge in [0.15, 0.2) is 0 Å². The number of aromatic nitrogens is 1. The maximum atomic E-state index is 3.50. The van der Waals surface area contributed by atoms with Crippen molar-refractivity contribution in [1.29, 1.82) is 0 Å². The van der Waals surface area contributed by atoms with Gasteiger partial charge in [-0.15, -0.1) is 0 Å². The molecule has 15 heavy (non-hydrogen) atoms. The van der Waals surface area contributed by atoms with Gasteiger partial charge >= 0.3 is 0 Å². The summed E-state index contributed by atoms with van der Waals surface area (Å²) in [4.78, 5) is 3.40. The topological polar surface area (TPSA) is 27.8 Å². The average molecular weight is 200 g/mol. The Morgan fingerprint density at radius 1 is 1.27 bits per heavy atom. The van der Waals surface area contributed by atoms with Crippen LogP contribution in [0.15, 0.2) is 18.2 Å². The van der Waals surface area contributed by atoms with E-state index < -0.39 is 0 Å². The fourth-order valence-corrected chi connectivity index (χ4v) is 2.44. The van der Waals surface area contributed by atoms with Crippen LogP contribution in [0.3, 0.4) is 0 Å². The molecular weight excluding hydrogens is 184 g/mol. The minimum Gasteiger partial charge on any atom is -0.385 e.